The maximum absolute atomic E-state index is 9.81. The summed E-state index contributed by atoms with van der Waals surface area (Å²) in [6, 6.07) is 15.2. The number of aryl methyl sites for hydroxylation is 1. The van der Waals surface area contributed by atoms with E-state index in [0.717, 1.165) is 46.5 Å². The van der Waals surface area contributed by atoms with Gasteiger partial charge in [-0.2, -0.15) is 5.26 Å². The summed E-state index contributed by atoms with van der Waals surface area (Å²) in [4.78, 5) is 12.0. The van der Waals surface area contributed by atoms with Gasteiger partial charge >= 0.3 is 0 Å². The molecule has 4 heterocycles. The lowest BCUT2D eigenvalue weighted by molar-refractivity contribution is 0.407. The molecule has 0 aliphatic carbocycles. The van der Waals surface area contributed by atoms with E-state index in [4.69, 9.17) is 9.97 Å². The molecule has 6 nitrogen and oxygen atoms in total. The molecule has 28 heavy (non-hydrogen) atoms. The van der Waals surface area contributed by atoms with Crippen LogP contribution in [0.15, 0.2) is 36.4 Å². The molecule has 1 saturated heterocycles. The van der Waals surface area contributed by atoms with Crippen LogP contribution in [0.3, 0.4) is 0 Å². The Hall–Kier alpha value is -3.17. The number of para-hydroxylation sites is 2. The fraction of sp³-hybridized carbons (Fsp3) is 0.318. The number of imidazole rings is 1. The maximum Gasteiger partial charge on any atom is 0.157 e. The second-order valence-corrected chi connectivity index (χ2v) is 7.82. The number of pyridine rings is 2. The van der Waals surface area contributed by atoms with Crippen molar-refractivity contribution in [1.82, 2.24) is 19.7 Å². The SMILES string of the molecule is Cc1cc(N2C[C@@H](C)N[C@@H](C)C2)c2cc(C#N)c3nc4ccccc4n3c2n1. The van der Waals surface area contributed by atoms with Crippen molar-refractivity contribution in [2.24, 2.45) is 0 Å². The number of fused-ring (bicyclic) bond motifs is 5. The van der Waals surface area contributed by atoms with Crippen molar-refractivity contribution >= 4 is 33.4 Å². The van der Waals surface area contributed by atoms with Gasteiger partial charge in [0.25, 0.3) is 0 Å². The molecule has 4 aromatic rings. The lowest BCUT2D eigenvalue weighted by Crippen LogP contribution is -2.54. The molecule has 1 aliphatic rings. The van der Waals surface area contributed by atoms with Gasteiger partial charge in [0.2, 0.25) is 0 Å². The Morgan fingerprint density at radius 3 is 2.57 bits per heavy atom. The van der Waals surface area contributed by atoms with Gasteiger partial charge in [0, 0.05) is 41.9 Å². The molecule has 1 fully saturated rings. The van der Waals surface area contributed by atoms with E-state index in [1.165, 1.54) is 0 Å². The molecule has 0 amide bonds. The van der Waals surface area contributed by atoms with Crippen molar-refractivity contribution in [3.63, 3.8) is 0 Å². The molecule has 1 aromatic carbocycles. The second-order valence-electron chi connectivity index (χ2n) is 7.82. The fourth-order valence-electron chi connectivity index (χ4n) is 4.46. The molecular weight excluding hydrogens is 348 g/mol. The van der Waals surface area contributed by atoms with Crippen molar-refractivity contribution in [2.75, 3.05) is 18.0 Å². The molecule has 5 rings (SSSR count). The van der Waals surface area contributed by atoms with Crippen molar-refractivity contribution < 1.29 is 0 Å². The number of hydrogen-bond donors (Lipinski definition) is 1. The molecule has 1 N–H and O–H groups in total. The summed E-state index contributed by atoms with van der Waals surface area (Å²) in [6.07, 6.45) is 0. The number of anilines is 1. The first-order valence-electron chi connectivity index (χ1n) is 9.68. The van der Waals surface area contributed by atoms with Crippen LogP contribution < -0.4 is 10.2 Å². The number of nitriles is 1. The average molecular weight is 370 g/mol. The molecule has 2 atom stereocenters. The van der Waals surface area contributed by atoms with E-state index in [2.05, 4.69) is 36.2 Å². The predicted octanol–water partition coefficient (Wildman–Crippen LogP) is 3.40. The van der Waals surface area contributed by atoms with Gasteiger partial charge in [-0.1, -0.05) is 12.1 Å². The number of aromatic nitrogens is 3. The van der Waals surface area contributed by atoms with Crippen LogP contribution in [0.2, 0.25) is 0 Å². The lowest BCUT2D eigenvalue weighted by Gasteiger charge is -2.38. The standard InChI is InChI=1S/C22H22N6/c1-13-8-20(27-11-14(2)24-15(3)12-27)17-9-16(10-23)21-26-18-6-4-5-7-19(18)28(21)22(17)25-13/h4-9,14-15,24H,11-12H2,1-3H3/t14-,15+. The van der Waals surface area contributed by atoms with Gasteiger partial charge in [-0.3, -0.25) is 4.40 Å². The summed E-state index contributed by atoms with van der Waals surface area (Å²) >= 11 is 0. The van der Waals surface area contributed by atoms with Gasteiger partial charge < -0.3 is 10.2 Å². The van der Waals surface area contributed by atoms with Crippen LogP contribution in [0.4, 0.5) is 5.69 Å². The summed E-state index contributed by atoms with van der Waals surface area (Å²) in [5.74, 6) is 0. The summed E-state index contributed by atoms with van der Waals surface area (Å²) in [5, 5.41) is 14.4. The van der Waals surface area contributed by atoms with E-state index in [0.29, 0.717) is 23.3 Å². The Balaban J connectivity index is 1.88. The van der Waals surface area contributed by atoms with Gasteiger partial charge in [0.1, 0.15) is 11.7 Å². The Labute approximate surface area is 163 Å². The molecule has 0 saturated carbocycles. The number of nitrogens with one attached hydrogen (secondary N) is 1. The molecule has 6 heteroatoms. The van der Waals surface area contributed by atoms with Crippen molar-refractivity contribution in [3.05, 3.63) is 47.7 Å². The molecule has 0 spiro atoms. The zero-order chi connectivity index (χ0) is 19.4. The Kier molecular flexibility index (Phi) is 3.74. The van der Waals surface area contributed by atoms with Gasteiger partial charge in [-0.15, -0.1) is 0 Å². The molecule has 1 aliphatic heterocycles. The smallest absolute Gasteiger partial charge is 0.157 e. The van der Waals surface area contributed by atoms with E-state index in [-0.39, 0.29) is 0 Å². The van der Waals surface area contributed by atoms with Gasteiger partial charge in [0.05, 0.1) is 16.6 Å². The highest BCUT2D eigenvalue weighted by molar-refractivity contribution is 5.97. The van der Waals surface area contributed by atoms with E-state index in [9.17, 15) is 5.26 Å². The quantitative estimate of drug-likeness (QED) is 0.556. The number of rotatable bonds is 1. The number of hydrogen-bond acceptors (Lipinski definition) is 5. The molecule has 0 unspecified atom stereocenters. The van der Waals surface area contributed by atoms with Crippen molar-refractivity contribution in [1.29, 1.82) is 5.26 Å². The third-order valence-corrected chi connectivity index (χ3v) is 5.47. The van der Waals surface area contributed by atoms with E-state index in [1.807, 2.05) is 41.7 Å². The van der Waals surface area contributed by atoms with Crippen LogP contribution in [-0.4, -0.2) is 39.5 Å². The molecule has 0 bridgehead atoms. The summed E-state index contributed by atoms with van der Waals surface area (Å²) in [6.45, 7) is 8.30. The summed E-state index contributed by atoms with van der Waals surface area (Å²) in [7, 11) is 0. The Bertz CT molecular complexity index is 1260. The monoisotopic (exact) mass is 370 g/mol. The number of nitrogens with zero attached hydrogens (tertiary/aromatic N) is 5. The first-order chi connectivity index (χ1) is 13.5. The largest absolute Gasteiger partial charge is 0.368 e. The van der Waals surface area contributed by atoms with Crippen LogP contribution in [0, 0.1) is 18.3 Å². The molecule has 3 aromatic heterocycles. The minimum absolute atomic E-state index is 0.403. The maximum atomic E-state index is 9.81. The zero-order valence-corrected chi connectivity index (χ0v) is 16.3. The number of piperazine rings is 1. The highest BCUT2D eigenvalue weighted by atomic mass is 15.2. The third kappa shape index (κ3) is 2.51. The van der Waals surface area contributed by atoms with Gasteiger partial charge in [-0.05, 0) is 45.0 Å². The first kappa shape index (κ1) is 17.0. The molecular formula is C22H22N6. The van der Waals surface area contributed by atoms with E-state index < -0.39 is 0 Å². The van der Waals surface area contributed by atoms with E-state index in [1.54, 1.807) is 0 Å². The summed E-state index contributed by atoms with van der Waals surface area (Å²) in [5.41, 5.74) is 6.06. The lowest BCUT2D eigenvalue weighted by atomic mass is 10.1. The van der Waals surface area contributed by atoms with Gasteiger partial charge in [0.15, 0.2) is 5.65 Å². The molecule has 0 radical (unpaired) electrons. The van der Waals surface area contributed by atoms with Crippen LogP contribution >= 0.6 is 0 Å². The normalized spacial score (nSPS) is 20.1. The Morgan fingerprint density at radius 2 is 1.82 bits per heavy atom. The minimum Gasteiger partial charge on any atom is -0.368 e. The zero-order valence-electron chi connectivity index (χ0n) is 16.3. The third-order valence-electron chi connectivity index (χ3n) is 5.47. The Morgan fingerprint density at radius 1 is 1.07 bits per heavy atom. The molecule has 140 valence electrons. The average Bonchev–Trinajstić information content (AvgIpc) is 3.06. The topological polar surface area (TPSA) is 69.2 Å². The highest BCUT2D eigenvalue weighted by Crippen LogP contribution is 2.32. The number of benzene rings is 1. The van der Waals surface area contributed by atoms with E-state index >= 15 is 0 Å². The first-order valence-corrected chi connectivity index (χ1v) is 9.68. The van der Waals surface area contributed by atoms with Crippen molar-refractivity contribution in [3.8, 4) is 6.07 Å². The van der Waals surface area contributed by atoms with Crippen molar-refractivity contribution in [2.45, 2.75) is 32.9 Å². The minimum atomic E-state index is 0.403. The highest BCUT2D eigenvalue weighted by Gasteiger charge is 2.24. The summed E-state index contributed by atoms with van der Waals surface area (Å²) < 4.78 is 2.04. The van der Waals surface area contributed by atoms with Crippen LogP contribution in [-0.2, 0) is 0 Å². The van der Waals surface area contributed by atoms with Crippen LogP contribution in [0.5, 0.6) is 0 Å². The van der Waals surface area contributed by atoms with Crippen LogP contribution in [0.25, 0.3) is 27.7 Å². The fourth-order valence-corrected chi connectivity index (χ4v) is 4.46. The predicted molar refractivity (Wildman–Crippen MR) is 112 cm³/mol. The van der Waals surface area contributed by atoms with Crippen LogP contribution in [0.1, 0.15) is 25.1 Å². The second kappa shape index (κ2) is 6.18. The van der Waals surface area contributed by atoms with Gasteiger partial charge in [-0.25, -0.2) is 9.97 Å².